The molecule has 5 rings (SSSR count). The van der Waals surface area contributed by atoms with E-state index in [0.717, 1.165) is 5.56 Å². The Hall–Kier alpha value is -4.24. The second kappa shape index (κ2) is 12.1. The molecule has 0 radical (unpaired) electrons. The number of aromatic nitrogens is 7. The number of hydrogen-bond donors (Lipinski definition) is 1. The fraction of sp³-hybridized carbons (Fsp3) is 0.231. The first-order valence-electron chi connectivity index (χ1n) is 12.3. The number of pyridine rings is 1. The molecule has 0 bridgehead atoms. The Kier molecular flexibility index (Phi) is 8.35. The minimum atomic E-state index is -2.72. The van der Waals surface area contributed by atoms with Gasteiger partial charge >= 0.3 is 0 Å². The highest BCUT2D eigenvalue weighted by atomic mass is 35.5. The summed E-state index contributed by atoms with van der Waals surface area (Å²) in [5.74, 6) is 1.75. The van der Waals surface area contributed by atoms with Crippen LogP contribution in [-0.4, -0.2) is 64.1 Å². The predicted octanol–water partition coefficient (Wildman–Crippen LogP) is 3.52. The number of imidazole rings is 1. The number of fused-ring (bicyclic) bond motifs is 1. The number of ether oxygens (including phenoxy) is 3. The van der Waals surface area contributed by atoms with Crippen LogP contribution in [0, 0.1) is 6.92 Å². The maximum Gasteiger partial charge on any atom is 0.213 e. The lowest BCUT2D eigenvalue weighted by Crippen LogP contribution is -2.27. The summed E-state index contributed by atoms with van der Waals surface area (Å²) in [6.07, 6.45) is 3.12. The van der Waals surface area contributed by atoms with E-state index in [1.807, 2.05) is 13.8 Å². The van der Waals surface area contributed by atoms with Gasteiger partial charge in [-0.05, 0) is 37.6 Å². The molecule has 0 spiro atoms. The van der Waals surface area contributed by atoms with E-state index in [2.05, 4.69) is 24.7 Å². The van der Waals surface area contributed by atoms with Crippen molar-refractivity contribution in [2.24, 2.45) is 0 Å². The Morgan fingerprint density at radius 3 is 2.34 bits per heavy atom. The lowest BCUT2D eigenvalue weighted by Gasteiger charge is -2.20. The first kappa shape index (κ1) is 28.3. The summed E-state index contributed by atoms with van der Waals surface area (Å²) in [5, 5.41) is -0.0937. The van der Waals surface area contributed by atoms with Crippen molar-refractivity contribution in [1.82, 2.24) is 39.2 Å². The van der Waals surface area contributed by atoms with Gasteiger partial charge in [-0.1, -0.05) is 23.7 Å². The Labute approximate surface area is 242 Å². The van der Waals surface area contributed by atoms with Crippen molar-refractivity contribution in [3.8, 4) is 34.6 Å². The van der Waals surface area contributed by atoms with Crippen LogP contribution >= 0.6 is 11.6 Å². The molecule has 4 heterocycles. The first-order chi connectivity index (χ1) is 19.8. The van der Waals surface area contributed by atoms with Gasteiger partial charge in [0.2, 0.25) is 5.88 Å². The third kappa shape index (κ3) is 5.67. The monoisotopic (exact) mass is 595 g/mol. The second-order valence-electron chi connectivity index (χ2n) is 8.53. The van der Waals surface area contributed by atoms with Crippen LogP contribution in [0.2, 0.25) is 5.15 Å². The van der Waals surface area contributed by atoms with Gasteiger partial charge in [0.1, 0.15) is 34.6 Å². The largest absolute Gasteiger partial charge is 0.760 e. The van der Waals surface area contributed by atoms with Gasteiger partial charge in [0.15, 0.2) is 28.1 Å². The van der Waals surface area contributed by atoms with Gasteiger partial charge in [-0.15, -0.1) is 0 Å². The van der Waals surface area contributed by atoms with Crippen molar-refractivity contribution in [1.29, 1.82) is 0 Å². The van der Waals surface area contributed by atoms with Gasteiger partial charge in [0.05, 0.1) is 20.8 Å². The summed E-state index contributed by atoms with van der Waals surface area (Å²) in [7, 11) is 3.05. The summed E-state index contributed by atoms with van der Waals surface area (Å²) >= 11 is 3.88. The highest BCUT2D eigenvalue weighted by Crippen LogP contribution is 2.38. The molecule has 4 aromatic heterocycles. The molecule has 0 aliphatic carbocycles. The lowest BCUT2D eigenvalue weighted by atomic mass is 10.2. The van der Waals surface area contributed by atoms with E-state index >= 15 is 0 Å². The number of aryl methyl sites for hydroxylation is 1. The zero-order valence-corrected chi connectivity index (χ0v) is 23.9. The predicted molar refractivity (Wildman–Crippen MR) is 150 cm³/mol. The molecule has 15 heteroatoms. The van der Waals surface area contributed by atoms with Crippen LogP contribution < -0.4 is 18.9 Å². The van der Waals surface area contributed by atoms with Crippen molar-refractivity contribution in [2.45, 2.75) is 19.9 Å². The molecule has 2 unspecified atom stereocenters. The number of halogens is 1. The summed E-state index contributed by atoms with van der Waals surface area (Å²) in [6.45, 7) is 4.09. The van der Waals surface area contributed by atoms with Crippen molar-refractivity contribution >= 4 is 34.2 Å². The van der Waals surface area contributed by atoms with Gasteiger partial charge in [0, 0.05) is 29.7 Å². The van der Waals surface area contributed by atoms with Gasteiger partial charge in [-0.25, -0.2) is 34.6 Å². The average molecular weight is 596 g/mol. The smallest absolute Gasteiger partial charge is 0.213 e. The molecule has 0 saturated heterocycles. The molecule has 1 N–H and O–H groups in total. The van der Waals surface area contributed by atoms with Gasteiger partial charge in [0.25, 0.3) is 0 Å². The van der Waals surface area contributed by atoms with Crippen molar-refractivity contribution < 1.29 is 23.0 Å². The third-order valence-electron chi connectivity index (χ3n) is 5.89. The molecule has 1 aromatic carbocycles. The summed E-state index contributed by atoms with van der Waals surface area (Å²) in [5.41, 5.74) is 2.14. The highest BCUT2D eigenvalue weighted by Gasteiger charge is 2.28. The van der Waals surface area contributed by atoms with Crippen LogP contribution in [0.1, 0.15) is 30.0 Å². The van der Waals surface area contributed by atoms with Crippen LogP contribution in [0.5, 0.6) is 17.4 Å². The number of nitrogens with zero attached hydrogens (tertiary/aromatic N) is 7. The average Bonchev–Trinajstić information content (AvgIpc) is 3.33. The molecule has 41 heavy (non-hydrogen) atoms. The minimum absolute atomic E-state index is 0.0600. The highest BCUT2D eigenvalue weighted by molar-refractivity contribution is 7.77. The van der Waals surface area contributed by atoms with Crippen LogP contribution in [0.3, 0.4) is 0 Å². The second-order valence-corrected chi connectivity index (χ2v) is 9.59. The summed E-state index contributed by atoms with van der Waals surface area (Å²) in [4.78, 5) is 27.2. The van der Waals surface area contributed by atoms with E-state index in [1.54, 1.807) is 53.4 Å². The third-order valence-corrected chi connectivity index (χ3v) is 6.60. The molecule has 0 fully saturated rings. The van der Waals surface area contributed by atoms with E-state index < -0.39 is 17.3 Å². The topological polar surface area (TPSA) is 162 Å². The van der Waals surface area contributed by atoms with Gasteiger partial charge in [-0.3, -0.25) is 8.78 Å². The normalized spacial score (nSPS) is 12.7. The number of rotatable bonds is 10. The molecule has 0 aliphatic heterocycles. The molecule has 13 nitrogen and oxygen atoms in total. The Morgan fingerprint density at radius 2 is 1.71 bits per heavy atom. The van der Waals surface area contributed by atoms with Crippen LogP contribution in [0.25, 0.3) is 28.5 Å². The zero-order valence-electron chi connectivity index (χ0n) is 22.4. The number of benzene rings is 1. The van der Waals surface area contributed by atoms with Crippen LogP contribution in [0.15, 0.2) is 48.8 Å². The lowest BCUT2D eigenvalue weighted by molar-refractivity contribution is 0.327. The summed E-state index contributed by atoms with van der Waals surface area (Å²) in [6, 6.07) is 9.42. The molecule has 2 atom stereocenters. The Morgan fingerprint density at radius 1 is 1.02 bits per heavy atom. The maximum absolute atomic E-state index is 11.8. The van der Waals surface area contributed by atoms with Crippen LogP contribution in [0.4, 0.5) is 0 Å². The van der Waals surface area contributed by atoms with Crippen molar-refractivity contribution in [3.63, 3.8) is 0 Å². The number of para-hydroxylation sites is 1. The van der Waals surface area contributed by atoms with E-state index in [1.165, 1.54) is 14.2 Å². The van der Waals surface area contributed by atoms with Crippen LogP contribution in [-0.2, 0) is 11.3 Å². The molecular formula is C26H24ClN8O5S-. The van der Waals surface area contributed by atoms with Crippen molar-refractivity contribution in [2.75, 3.05) is 20.8 Å². The fourth-order valence-corrected chi connectivity index (χ4v) is 4.79. The fourth-order valence-electron chi connectivity index (χ4n) is 4.15. The van der Waals surface area contributed by atoms with E-state index in [4.69, 9.17) is 35.8 Å². The molecular weight excluding hydrogens is 572 g/mol. The molecule has 212 valence electrons. The number of methoxy groups -OCH3 is 2. The van der Waals surface area contributed by atoms with Crippen molar-refractivity contribution in [3.05, 3.63) is 71.0 Å². The summed E-state index contributed by atoms with van der Waals surface area (Å²) < 4.78 is 44.6. The molecule has 0 aliphatic rings. The van der Waals surface area contributed by atoms with Gasteiger partial charge in [-0.2, -0.15) is 0 Å². The molecule has 0 saturated carbocycles. The van der Waals surface area contributed by atoms with E-state index in [0.29, 0.717) is 41.2 Å². The molecule has 5 aromatic rings. The zero-order chi connectivity index (χ0) is 29.1. The molecule has 0 amide bonds. The van der Waals surface area contributed by atoms with E-state index in [9.17, 15) is 8.76 Å². The maximum atomic E-state index is 11.8. The Balaban J connectivity index is 1.84. The number of nitrogens with one attached hydrogen (secondary N) is 1. The Bertz CT molecular complexity index is 1710. The standard InChI is InChI=1S/C26H25ClN8O5S/c1-5-40-18-11-6-8-15(30-18)25-33-24-26(35(25)21-16(38-3)9-7-10-17(21)39-4)31-19(22(27)32-24)20(34-41(36)37)23-28-12-14(2)13-29-23/h6-13,20,34H,5H2,1-4H3,(H,36,37)/p-1. The van der Waals surface area contributed by atoms with E-state index in [-0.39, 0.29) is 28.0 Å². The number of hydrogen-bond acceptors (Lipinski definition) is 11. The minimum Gasteiger partial charge on any atom is -0.760 e. The first-order valence-corrected chi connectivity index (χ1v) is 13.7. The SMILES string of the molecule is CCOc1cccc(-c2nc3nc(Cl)c(C(NS(=O)[O-])c4ncc(C)cn4)nc3n2-c2c(OC)cccc2OC)n1. The quantitative estimate of drug-likeness (QED) is 0.235. The van der Waals surface area contributed by atoms with Gasteiger partial charge < -0.3 is 18.8 Å².